The summed E-state index contributed by atoms with van der Waals surface area (Å²) in [6, 6.07) is 10.5. The predicted octanol–water partition coefficient (Wildman–Crippen LogP) is 3.57. The molecule has 2 fully saturated rings. The smallest absolute Gasteiger partial charge is 0.246 e. The molecule has 3 heterocycles. The van der Waals surface area contributed by atoms with Crippen LogP contribution in [-0.4, -0.2) is 58.6 Å². The zero-order valence-corrected chi connectivity index (χ0v) is 21.2. The lowest BCUT2D eigenvalue weighted by atomic mass is 9.72. The van der Waals surface area contributed by atoms with E-state index in [1.807, 2.05) is 6.20 Å². The van der Waals surface area contributed by atoms with Crippen molar-refractivity contribution < 1.29 is 17.5 Å². The molecule has 1 aliphatic carbocycles. The van der Waals surface area contributed by atoms with Gasteiger partial charge in [0.1, 0.15) is 10.7 Å². The van der Waals surface area contributed by atoms with Crippen LogP contribution in [0, 0.1) is 18.7 Å². The molecule has 8 nitrogen and oxygen atoms in total. The highest BCUT2D eigenvalue weighted by atomic mass is 32.2. The Labute approximate surface area is 209 Å². The Kier molecular flexibility index (Phi) is 5.33. The Morgan fingerprint density at radius 1 is 1.14 bits per heavy atom. The van der Waals surface area contributed by atoms with E-state index in [2.05, 4.69) is 29.3 Å². The summed E-state index contributed by atoms with van der Waals surface area (Å²) in [7, 11) is -0.215. The Morgan fingerprint density at radius 2 is 1.92 bits per heavy atom. The zero-order chi connectivity index (χ0) is 25.2. The third-order valence-electron chi connectivity index (χ3n) is 7.98. The van der Waals surface area contributed by atoms with Crippen LogP contribution in [0.15, 0.2) is 59.9 Å². The number of hydrogen-bond acceptors (Lipinski definition) is 5. The highest BCUT2D eigenvalue weighted by molar-refractivity contribution is 7.89. The first-order chi connectivity index (χ1) is 17.2. The Balaban J connectivity index is 1.43. The highest BCUT2D eigenvalue weighted by Gasteiger charge is 2.57. The molecule has 0 spiro atoms. The van der Waals surface area contributed by atoms with Gasteiger partial charge in [-0.3, -0.25) is 4.68 Å². The number of methoxy groups -OCH3 is 1. The number of hydrogen-bond donors (Lipinski definition) is 0. The van der Waals surface area contributed by atoms with E-state index in [1.165, 1.54) is 23.0 Å². The Bertz CT molecular complexity index is 1560. The van der Waals surface area contributed by atoms with Crippen LogP contribution in [0.3, 0.4) is 0 Å². The maximum Gasteiger partial charge on any atom is 0.246 e. The van der Waals surface area contributed by atoms with Gasteiger partial charge in [0.25, 0.3) is 0 Å². The van der Waals surface area contributed by atoms with Crippen LogP contribution in [0.25, 0.3) is 16.6 Å². The fourth-order valence-electron chi connectivity index (χ4n) is 6.23. The molecule has 2 aromatic carbocycles. The number of rotatable bonds is 5. The Hall–Kier alpha value is -3.08. The molecule has 1 aliphatic heterocycles. The van der Waals surface area contributed by atoms with E-state index < -0.39 is 10.0 Å². The average molecular weight is 510 g/mol. The fraction of sp³-hybridized carbons (Fsp3) is 0.385. The van der Waals surface area contributed by atoms with Crippen LogP contribution in [0.2, 0.25) is 0 Å². The standard InChI is InChI=1S/C26H28FN5O3S/c1-17-8-25-18(12-29-32(25)21-6-4-20(27)5-7-21)9-24(17)26-11-22(35-3)10-19(26)14-31(16-26)36(33,34)23-13-28-30(2)15-23/h4-9,12-13,15,19,22H,10-11,14,16H2,1-3H3/t19-,22-,26?/m0/s1. The molecule has 1 saturated heterocycles. The van der Waals surface area contributed by atoms with Crippen molar-refractivity contribution >= 4 is 20.9 Å². The first-order valence-corrected chi connectivity index (χ1v) is 13.4. The number of benzene rings is 2. The second kappa shape index (κ2) is 8.22. The molecule has 6 rings (SSSR count). The Morgan fingerprint density at radius 3 is 2.61 bits per heavy atom. The lowest BCUT2D eigenvalue weighted by molar-refractivity contribution is 0.0979. The number of aromatic nitrogens is 4. The summed E-state index contributed by atoms with van der Waals surface area (Å²) in [4.78, 5) is 0.219. The summed E-state index contributed by atoms with van der Waals surface area (Å²) >= 11 is 0. The van der Waals surface area contributed by atoms with Gasteiger partial charge in [-0.1, -0.05) is 0 Å². The normalized spacial score (nSPS) is 24.6. The van der Waals surface area contributed by atoms with E-state index in [0.29, 0.717) is 13.1 Å². The number of sulfonamides is 1. The number of halogens is 1. The molecule has 36 heavy (non-hydrogen) atoms. The predicted molar refractivity (Wildman–Crippen MR) is 133 cm³/mol. The average Bonchev–Trinajstić information content (AvgIpc) is 3.61. The quantitative estimate of drug-likeness (QED) is 0.411. The maximum absolute atomic E-state index is 13.5. The van der Waals surface area contributed by atoms with Crippen LogP contribution in [0.4, 0.5) is 4.39 Å². The lowest BCUT2D eigenvalue weighted by Gasteiger charge is -2.31. The van der Waals surface area contributed by atoms with Gasteiger partial charge in [-0.2, -0.15) is 14.5 Å². The summed E-state index contributed by atoms with van der Waals surface area (Å²) in [5.74, 6) is -0.156. The van der Waals surface area contributed by atoms with Gasteiger partial charge in [0.15, 0.2) is 0 Å². The van der Waals surface area contributed by atoms with Crippen LogP contribution >= 0.6 is 0 Å². The van der Waals surface area contributed by atoms with E-state index >= 15 is 0 Å². The first kappa shape index (κ1) is 23.3. The van der Waals surface area contributed by atoms with Gasteiger partial charge in [0, 0.05) is 44.2 Å². The number of ether oxygens (including phenoxy) is 1. The lowest BCUT2D eigenvalue weighted by Crippen LogP contribution is -2.36. The maximum atomic E-state index is 13.5. The van der Waals surface area contributed by atoms with Gasteiger partial charge in [0.05, 0.1) is 29.7 Å². The van der Waals surface area contributed by atoms with Crippen molar-refractivity contribution in [3.05, 3.63) is 71.9 Å². The van der Waals surface area contributed by atoms with Gasteiger partial charge < -0.3 is 4.74 Å². The minimum absolute atomic E-state index is 0.0790. The first-order valence-electron chi connectivity index (χ1n) is 12.0. The van der Waals surface area contributed by atoms with E-state index in [1.54, 1.807) is 41.5 Å². The molecule has 10 heteroatoms. The van der Waals surface area contributed by atoms with Gasteiger partial charge >= 0.3 is 0 Å². The van der Waals surface area contributed by atoms with E-state index in [4.69, 9.17) is 4.74 Å². The largest absolute Gasteiger partial charge is 0.381 e. The summed E-state index contributed by atoms with van der Waals surface area (Å²) in [6.07, 6.45) is 6.42. The minimum atomic E-state index is -3.66. The fourth-order valence-corrected chi connectivity index (χ4v) is 7.77. The van der Waals surface area contributed by atoms with Crippen LogP contribution < -0.4 is 0 Å². The minimum Gasteiger partial charge on any atom is -0.381 e. The van der Waals surface area contributed by atoms with Crippen molar-refractivity contribution in [2.45, 2.75) is 36.2 Å². The third kappa shape index (κ3) is 3.50. The number of aryl methyl sites for hydroxylation is 2. The monoisotopic (exact) mass is 509 g/mol. The van der Waals surface area contributed by atoms with Crippen molar-refractivity contribution in [3.63, 3.8) is 0 Å². The molecule has 188 valence electrons. The molecule has 1 saturated carbocycles. The molecule has 4 aromatic rings. The van der Waals surface area contributed by atoms with Crippen LogP contribution in [0.5, 0.6) is 0 Å². The van der Waals surface area contributed by atoms with Gasteiger partial charge in [-0.15, -0.1) is 0 Å². The second-order valence-corrected chi connectivity index (χ2v) is 12.0. The molecular formula is C26H28FN5O3S. The molecule has 2 aliphatic rings. The van der Waals surface area contributed by atoms with Gasteiger partial charge in [0.2, 0.25) is 10.0 Å². The second-order valence-electron chi connectivity index (χ2n) is 10.1. The number of fused-ring (bicyclic) bond motifs is 2. The number of nitrogens with zero attached hydrogens (tertiary/aromatic N) is 5. The van der Waals surface area contributed by atoms with E-state index in [0.717, 1.165) is 40.6 Å². The van der Waals surface area contributed by atoms with Crippen molar-refractivity contribution in [2.75, 3.05) is 20.2 Å². The van der Waals surface area contributed by atoms with E-state index in [-0.39, 0.29) is 28.1 Å². The van der Waals surface area contributed by atoms with Gasteiger partial charge in [-0.05, 0) is 73.2 Å². The summed E-state index contributed by atoms with van der Waals surface area (Å²) in [6.45, 7) is 2.91. The summed E-state index contributed by atoms with van der Waals surface area (Å²) < 4.78 is 51.1. The summed E-state index contributed by atoms with van der Waals surface area (Å²) in [5, 5.41) is 9.60. The molecular weight excluding hydrogens is 481 g/mol. The molecule has 3 atom stereocenters. The highest BCUT2D eigenvalue weighted by Crippen LogP contribution is 2.53. The molecule has 0 amide bonds. The van der Waals surface area contributed by atoms with E-state index in [9.17, 15) is 12.8 Å². The van der Waals surface area contributed by atoms with Crippen molar-refractivity contribution in [2.24, 2.45) is 13.0 Å². The molecule has 1 unspecified atom stereocenters. The van der Waals surface area contributed by atoms with Gasteiger partial charge in [-0.25, -0.2) is 17.5 Å². The summed E-state index contributed by atoms with van der Waals surface area (Å²) in [5.41, 5.74) is 3.57. The molecule has 0 N–H and O–H groups in total. The zero-order valence-electron chi connectivity index (χ0n) is 20.4. The SMILES string of the molecule is CO[C@H]1C[C@H]2CN(S(=O)(=O)c3cnn(C)c3)CC2(c2cc3cnn(-c4ccc(F)cc4)c3cc2C)C1. The molecule has 0 bridgehead atoms. The topological polar surface area (TPSA) is 82.2 Å². The van der Waals surface area contributed by atoms with Crippen molar-refractivity contribution in [1.82, 2.24) is 23.9 Å². The van der Waals surface area contributed by atoms with Crippen LogP contribution in [-0.2, 0) is 27.2 Å². The molecule has 0 radical (unpaired) electrons. The van der Waals surface area contributed by atoms with Crippen LogP contribution in [0.1, 0.15) is 24.0 Å². The van der Waals surface area contributed by atoms with Crippen molar-refractivity contribution in [3.8, 4) is 5.69 Å². The molecule has 2 aromatic heterocycles. The third-order valence-corrected chi connectivity index (χ3v) is 9.74. The van der Waals surface area contributed by atoms with Crippen molar-refractivity contribution in [1.29, 1.82) is 0 Å².